The minimum absolute atomic E-state index is 0.136. The maximum atomic E-state index is 12.2. The van der Waals surface area contributed by atoms with Crippen LogP contribution in [-0.4, -0.2) is 53.2 Å². The first-order valence-corrected chi connectivity index (χ1v) is 7.82. The van der Waals surface area contributed by atoms with E-state index >= 15 is 0 Å². The second-order valence-electron chi connectivity index (χ2n) is 5.99. The minimum Gasteiger partial charge on any atom is -0.339 e. The number of rotatable bonds is 3. The molecule has 1 unspecified atom stereocenters. The number of thiol groups is 1. The zero-order chi connectivity index (χ0) is 13.1. The highest BCUT2D eigenvalue weighted by Gasteiger charge is 2.30. The first kappa shape index (κ1) is 14.2. The van der Waals surface area contributed by atoms with Gasteiger partial charge in [0, 0.05) is 32.2 Å². The smallest absolute Gasteiger partial charge is 0.235 e. The summed E-state index contributed by atoms with van der Waals surface area (Å²) in [6.45, 7) is 8.00. The zero-order valence-corrected chi connectivity index (χ0v) is 12.5. The number of hydrogen-bond donors (Lipinski definition) is 1. The van der Waals surface area contributed by atoms with Gasteiger partial charge in [-0.15, -0.1) is 0 Å². The molecule has 2 aliphatic rings. The lowest BCUT2D eigenvalue weighted by Gasteiger charge is -2.39. The van der Waals surface area contributed by atoms with Gasteiger partial charge in [0.2, 0.25) is 5.91 Å². The number of carbonyl (C=O) groups is 1. The van der Waals surface area contributed by atoms with Crippen molar-refractivity contribution >= 4 is 18.5 Å². The minimum atomic E-state index is -0.136. The van der Waals surface area contributed by atoms with E-state index in [2.05, 4.69) is 31.4 Å². The Balaban J connectivity index is 1.80. The van der Waals surface area contributed by atoms with Gasteiger partial charge in [0.05, 0.1) is 5.25 Å². The van der Waals surface area contributed by atoms with Crippen molar-refractivity contribution in [3.8, 4) is 0 Å². The Morgan fingerprint density at radius 3 is 2.17 bits per heavy atom. The normalized spacial score (nSPS) is 24.8. The monoisotopic (exact) mass is 270 g/mol. The molecular weight excluding hydrogens is 244 g/mol. The predicted octanol–water partition coefficient (Wildman–Crippen LogP) is 2.03. The summed E-state index contributed by atoms with van der Waals surface area (Å²) in [5, 5.41) is -0.136. The van der Waals surface area contributed by atoms with Crippen LogP contribution in [0.15, 0.2) is 0 Å². The molecule has 0 bridgehead atoms. The molecule has 18 heavy (non-hydrogen) atoms. The molecule has 1 amide bonds. The van der Waals surface area contributed by atoms with Gasteiger partial charge in [0.15, 0.2) is 0 Å². The van der Waals surface area contributed by atoms with E-state index in [-0.39, 0.29) is 11.2 Å². The molecule has 0 radical (unpaired) electrons. The summed E-state index contributed by atoms with van der Waals surface area (Å²) < 4.78 is 0. The van der Waals surface area contributed by atoms with Crippen LogP contribution >= 0.6 is 12.6 Å². The molecule has 1 heterocycles. The molecule has 1 saturated heterocycles. The van der Waals surface area contributed by atoms with Gasteiger partial charge in [-0.25, -0.2) is 0 Å². The number of carbonyl (C=O) groups excluding carboxylic acids is 1. The van der Waals surface area contributed by atoms with Gasteiger partial charge in [-0.05, 0) is 18.8 Å². The molecule has 0 spiro atoms. The van der Waals surface area contributed by atoms with Crippen LogP contribution in [-0.2, 0) is 4.79 Å². The molecule has 3 nitrogen and oxygen atoms in total. The van der Waals surface area contributed by atoms with Crippen LogP contribution in [0.5, 0.6) is 0 Å². The molecule has 4 heteroatoms. The molecule has 0 N–H and O–H groups in total. The summed E-state index contributed by atoms with van der Waals surface area (Å²) in [5.41, 5.74) is 0. The molecular formula is C14H26N2OS. The standard InChI is InChI=1S/C14H26N2OS/c1-11(2)13(18)14(17)16-9-7-15(8-10-16)12-5-3-4-6-12/h11-13,18H,3-10H2,1-2H3. The van der Waals surface area contributed by atoms with Crippen LogP contribution in [0.25, 0.3) is 0 Å². The van der Waals surface area contributed by atoms with Gasteiger partial charge in [0.1, 0.15) is 0 Å². The second-order valence-corrected chi connectivity index (χ2v) is 6.54. The van der Waals surface area contributed by atoms with E-state index in [4.69, 9.17) is 0 Å². The molecule has 2 fully saturated rings. The highest BCUT2D eigenvalue weighted by molar-refractivity contribution is 7.81. The van der Waals surface area contributed by atoms with Crippen molar-refractivity contribution in [3.63, 3.8) is 0 Å². The summed E-state index contributed by atoms with van der Waals surface area (Å²) >= 11 is 4.44. The van der Waals surface area contributed by atoms with Crippen molar-refractivity contribution in [1.82, 2.24) is 9.80 Å². The summed E-state index contributed by atoms with van der Waals surface area (Å²) in [4.78, 5) is 16.8. The molecule has 1 aliphatic heterocycles. The van der Waals surface area contributed by atoms with Crippen molar-refractivity contribution in [2.24, 2.45) is 5.92 Å². The van der Waals surface area contributed by atoms with E-state index < -0.39 is 0 Å². The van der Waals surface area contributed by atoms with Gasteiger partial charge >= 0.3 is 0 Å². The first-order chi connectivity index (χ1) is 8.59. The van der Waals surface area contributed by atoms with Crippen molar-refractivity contribution in [2.75, 3.05) is 26.2 Å². The molecule has 1 aliphatic carbocycles. The fourth-order valence-corrected chi connectivity index (χ4v) is 3.21. The molecule has 1 saturated carbocycles. The largest absolute Gasteiger partial charge is 0.339 e. The quantitative estimate of drug-likeness (QED) is 0.793. The number of amides is 1. The predicted molar refractivity (Wildman–Crippen MR) is 78.0 cm³/mol. The Hall–Kier alpha value is -0.220. The molecule has 0 aromatic heterocycles. The molecule has 1 atom stereocenters. The van der Waals surface area contributed by atoms with Crippen molar-refractivity contribution in [1.29, 1.82) is 0 Å². The number of hydrogen-bond acceptors (Lipinski definition) is 3. The van der Waals surface area contributed by atoms with Crippen molar-refractivity contribution < 1.29 is 4.79 Å². The molecule has 2 rings (SSSR count). The van der Waals surface area contributed by atoms with Crippen molar-refractivity contribution in [2.45, 2.75) is 50.8 Å². The zero-order valence-electron chi connectivity index (χ0n) is 11.6. The Kier molecular flexibility index (Phi) is 4.96. The van der Waals surface area contributed by atoms with Gasteiger partial charge in [-0.3, -0.25) is 9.69 Å². The maximum absolute atomic E-state index is 12.2. The fourth-order valence-electron chi connectivity index (χ4n) is 3.05. The van der Waals surface area contributed by atoms with Gasteiger partial charge < -0.3 is 4.90 Å². The fraction of sp³-hybridized carbons (Fsp3) is 0.929. The Labute approximate surface area is 116 Å². The number of nitrogens with zero attached hydrogens (tertiary/aromatic N) is 2. The SMILES string of the molecule is CC(C)C(S)C(=O)N1CCN(C2CCCC2)CC1. The third-order valence-electron chi connectivity index (χ3n) is 4.35. The van der Waals surface area contributed by atoms with Gasteiger partial charge in [-0.1, -0.05) is 26.7 Å². The second kappa shape index (κ2) is 6.29. The molecule has 0 aromatic carbocycles. The van der Waals surface area contributed by atoms with E-state index in [1.807, 2.05) is 4.90 Å². The average Bonchev–Trinajstić information content (AvgIpc) is 2.91. The van der Waals surface area contributed by atoms with Gasteiger partial charge in [-0.2, -0.15) is 12.6 Å². The van der Waals surface area contributed by atoms with Crippen LogP contribution in [0, 0.1) is 5.92 Å². The summed E-state index contributed by atoms with van der Waals surface area (Å²) in [6, 6.07) is 0.791. The Bertz CT molecular complexity index is 282. The van der Waals surface area contributed by atoms with E-state index in [9.17, 15) is 4.79 Å². The maximum Gasteiger partial charge on any atom is 0.235 e. The van der Waals surface area contributed by atoms with E-state index in [1.165, 1.54) is 25.7 Å². The van der Waals surface area contributed by atoms with Crippen LogP contribution in [0.2, 0.25) is 0 Å². The summed E-state index contributed by atoms with van der Waals surface area (Å²) in [5.74, 6) is 0.535. The van der Waals surface area contributed by atoms with Crippen LogP contribution in [0.3, 0.4) is 0 Å². The highest BCUT2D eigenvalue weighted by Crippen LogP contribution is 2.24. The van der Waals surface area contributed by atoms with Gasteiger partial charge in [0.25, 0.3) is 0 Å². The third-order valence-corrected chi connectivity index (χ3v) is 5.17. The topological polar surface area (TPSA) is 23.6 Å². The van der Waals surface area contributed by atoms with E-state index in [0.29, 0.717) is 5.92 Å². The van der Waals surface area contributed by atoms with Crippen LogP contribution < -0.4 is 0 Å². The summed E-state index contributed by atoms with van der Waals surface area (Å²) in [7, 11) is 0. The third kappa shape index (κ3) is 3.21. The van der Waals surface area contributed by atoms with Crippen molar-refractivity contribution in [3.05, 3.63) is 0 Å². The Morgan fingerprint density at radius 2 is 1.67 bits per heavy atom. The van der Waals surface area contributed by atoms with Crippen LogP contribution in [0.1, 0.15) is 39.5 Å². The number of piperazine rings is 1. The molecule has 0 aromatic rings. The summed E-state index contributed by atoms with van der Waals surface area (Å²) in [6.07, 6.45) is 5.48. The molecule has 104 valence electrons. The Morgan fingerprint density at radius 1 is 1.11 bits per heavy atom. The van der Waals surface area contributed by atoms with E-state index in [1.54, 1.807) is 0 Å². The first-order valence-electron chi connectivity index (χ1n) is 7.30. The lowest BCUT2D eigenvalue weighted by atomic mass is 10.1. The van der Waals surface area contributed by atoms with E-state index in [0.717, 1.165) is 32.2 Å². The lowest BCUT2D eigenvalue weighted by molar-refractivity contribution is -0.133. The van der Waals surface area contributed by atoms with Crippen LogP contribution in [0.4, 0.5) is 0 Å². The average molecular weight is 270 g/mol. The highest BCUT2D eigenvalue weighted by atomic mass is 32.1. The lowest BCUT2D eigenvalue weighted by Crippen LogP contribution is -2.53.